The van der Waals surface area contributed by atoms with E-state index in [0.717, 1.165) is 10.4 Å². The number of carbonyl (C=O) groups excluding carboxylic acids is 2. The fourth-order valence-corrected chi connectivity index (χ4v) is 3.81. The first-order valence-corrected chi connectivity index (χ1v) is 9.94. The van der Waals surface area contributed by atoms with Gasteiger partial charge in [0.2, 0.25) is 0 Å². The molecule has 2 aromatic rings. The lowest BCUT2D eigenvalue weighted by atomic mass is 9.94. The third-order valence-corrected chi connectivity index (χ3v) is 5.36. The van der Waals surface area contributed by atoms with Crippen LogP contribution < -0.4 is 10.1 Å². The minimum absolute atomic E-state index is 0.243. The summed E-state index contributed by atoms with van der Waals surface area (Å²) in [5.74, 6) is 0.279. The fourth-order valence-electron chi connectivity index (χ4n) is 3.12. The molecule has 1 aliphatic heterocycles. The SMILES string of the molecule is COc1ccc([C@@H]2NC(=O)N(Cc3cccs3)C(C)=C2C(=O)OC(C)C)cc1. The van der Waals surface area contributed by atoms with Gasteiger partial charge in [0.1, 0.15) is 5.75 Å². The van der Waals surface area contributed by atoms with E-state index >= 15 is 0 Å². The van der Waals surface area contributed by atoms with Crippen molar-refractivity contribution >= 4 is 23.3 Å². The van der Waals surface area contributed by atoms with Gasteiger partial charge in [-0.2, -0.15) is 0 Å². The largest absolute Gasteiger partial charge is 0.497 e. The molecule has 1 N–H and O–H groups in total. The van der Waals surface area contributed by atoms with E-state index in [1.165, 1.54) is 0 Å². The highest BCUT2D eigenvalue weighted by molar-refractivity contribution is 7.09. The summed E-state index contributed by atoms with van der Waals surface area (Å²) in [6.45, 7) is 5.81. The van der Waals surface area contributed by atoms with Crippen LogP contribution in [0.5, 0.6) is 5.75 Å². The molecule has 148 valence electrons. The molecule has 0 fully saturated rings. The van der Waals surface area contributed by atoms with E-state index in [1.54, 1.807) is 56.3 Å². The molecule has 0 radical (unpaired) electrons. The Morgan fingerprint density at radius 2 is 1.96 bits per heavy atom. The standard InChI is InChI=1S/C21H24N2O4S/c1-13(2)27-20(24)18-14(3)23(12-17-6-5-11-28-17)21(25)22-19(18)15-7-9-16(26-4)10-8-15/h5-11,13,19H,12H2,1-4H3,(H,22,25)/t19-/m0/s1. The van der Waals surface area contributed by atoms with Gasteiger partial charge in [-0.3, -0.25) is 4.90 Å². The number of thiophene rings is 1. The molecule has 0 unspecified atom stereocenters. The zero-order valence-electron chi connectivity index (χ0n) is 16.4. The third-order valence-electron chi connectivity index (χ3n) is 4.50. The molecule has 0 spiro atoms. The van der Waals surface area contributed by atoms with Crippen molar-refractivity contribution in [2.75, 3.05) is 7.11 Å². The first-order chi connectivity index (χ1) is 13.4. The Bertz CT molecular complexity index is 872. The second-order valence-electron chi connectivity index (χ2n) is 6.77. The van der Waals surface area contributed by atoms with Crippen LogP contribution in [-0.4, -0.2) is 30.1 Å². The van der Waals surface area contributed by atoms with Crippen LogP contribution in [0.4, 0.5) is 4.79 Å². The van der Waals surface area contributed by atoms with Crippen molar-refractivity contribution < 1.29 is 19.1 Å². The maximum atomic E-state index is 12.9. The number of esters is 1. The van der Waals surface area contributed by atoms with Gasteiger partial charge < -0.3 is 14.8 Å². The lowest BCUT2D eigenvalue weighted by molar-refractivity contribution is -0.143. The van der Waals surface area contributed by atoms with Crippen molar-refractivity contribution in [2.24, 2.45) is 0 Å². The lowest BCUT2D eigenvalue weighted by Crippen LogP contribution is -2.47. The second-order valence-corrected chi connectivity index (χ2v) is 7.81. The highest BCUT2D eigenvalue weighted by Gasteiger charge is 2.36. The number of ether oxygens (including phenoxy) is 2. The summed E-state index contributed by atoms with van der Waals surface area (Å²) in [7, 11) is 1.59. The van der Waals surface area contributed by atoms with Crippen molar-refractivity contribution in [3.8, 4) is 5.75 Å². The Morgan fingerprint density at radius 1 is 1.25 bits per heavy atom. The summed E-state index contributed by atoms with van der Waals surface area (Å²) < 4.78 is 10.7. The molecular formula is C21H24N2O4S. The van der Waals surface area contributed by atoms with Crippen molar-refractivity contribution in [3.05, 3.63) is 63.5 Å². The van der Waals surface area contributed by atoms with Crippen molar-refractivity contribution in [1.82, 2.24) is 10.2 Å². The summed E-state index contributed by atoms with van der Waals surface area (Å²) >= 11 is 1.57. The molecule has 1 aromatic carbocycles. The molecule has 0 saturated heterocycles. The number of urea groups is 1. The zero-order chi connectivity index (χ0) is 20.3. The predicted octanol–water partition coefficient (Wildman–Crippen LogP) is 4.25. The third kappa shape index (κ3) is 4.20. The van der Waals surface area contributed by atoms with Crippen LogP contribution in [0.3, 0.4) is 0 Å². The van der Waals surface area contributed by atoms with Crippen LogP contribution in [0.15, 0.2) is 53.0 Å². The molecule has 1 aliphatic rings. The zero-order valence-corrected chi connectivity index (χ0v) is 17.2. The molecule has 0 aliphatic carbocycles. The quantitative estimate of drug-likeness (QED) is 0.736. The van der Waals surface area contributed by atoms with E-state index in [0.29, 0.717) is 23.6 Å². The number of allylic oxidation sites excluding steroid dienone is 1. The Labute approximate surface area is 168 Å². The number of nitrogens with zero attached hydrogens (tertiary/aromatic N) is 1. The normalized spacial score (nSPS) is 17.0. The molecule has 6 nitrogen and oxygen atoms in total. The highest BCUT2D eigenvalue weighted by atomic mass is 32.1. The minimum Gasteiger partial charge on any atom is -0.497 e. The van der Waals surface area contributed by atoms with Crippen molar-refractivity contribution in [2.45, 2.75) is 39.5 Å². The smallest absolute Gasteiger partial charge is 0.338 e. The summed E-state index contributed by atoms with van der Waals surface area (Å²) in [5.41, 5.74) is 1.83. The number of methoxy groups -OCH3 is 1. The number of nitrogens with one attached hydrogen (secondary N) is 1. The van der Waals surface area contributed by atoms with Gasteiger partial charge in [0.25, 0.3) is 0 Å². The van der Waals surface area contributed by atoms with Gasteiger partial charge >= 0.3 is 12.0 Å². The van der Waals surface area contributed by atoms with Crippen LogP contribution in [0.25, 0.3) is 0 Å². The van der Waals surface area contributed by atoms with E-state index < -0.39 is 12.0 Å². The molecule has 7 heteroatoms. The first-order valence-electron chi connectivity index (χ1n) is 9.06. The molecule has 3 rings (SSSR count). The Kier molecular flexibility index (Phi) is 6.04. The predicted molar refractivity (Wildman–Crippen MR) is 108 cm³/mol. The minimum atomic E-state index is -0.579. The van der Waals surface area contributed by atoms with Gasteiger partial charge in [0.15, 0.2) is 0 Å². The van der Waals surface area contributed by atoms with Crippen molar-refractivity contribution in [3.63, 3.8) is 0 Å². The number of amides is 2. The van der Waals surface area contributed by atoms with Gasteiger partial charge in [0, 0.05) is 10.6 Å². The van der Waals surface area contributed by atoms with Gasteiger partial charge in [-0.1, -0.05) is 18.2 Å². The fraction of sp³-hybridized carbons (Fsp3) is 0.333. The molecule has 2 amide bonds. The number of hydrogen-bond acceptors (Lipinski definition) is 5. The van der Waals surface area contributed by atoms with E-state index in [2.05, 4.69) is 5.32 Å². The lowest BCUT2D eigenvalue weighted by Gasteiger charge is -2.35. The Hall–Kier alpha value is -2.80. The molecule has 1 atom stereocenters. The van der Waals surface area contributed by atoms with Gasteiger partial charge in [0.05, 0.1) is 31.4 Å². The number of rotatable bonds is 6. The topological polar surface area (TPSA) is 67.9 Å². The van der Waals surface area contributed by atoms with E-state index in [1.807, 2.05) is 29.6 Å². The molecule has 0 saturated carbocycles. The number of benzene rings is 1. The van der Waals surface area contributed by atoms with Crippen LogP contribution in [0.2, 0.25) is 0 Å². The number of hydrogen-bond donors (Lipinski definition) is 1. The van der Waals surface area contributed by atoms with Crippen LogP contribution in [-0.2, 0) is 16.1 Å². The van der Waals surface area contributed by atoms with Crippen LogP contribution >= 0.6 is 11.3 Å². The second kappa shape index (κ2) is 8.48. The average Bonchev–Trinajstić information content (AvgIpc) is 3.17. The first kappa shape index (κ1) is 19.9. The number of carbonyl (C=O) groups is 2. The molecule has 1 aromatic heterocycles. The van der Waals surface area contributed by atoms with Crippen LogP contribution in [0.1, 0.15) is 37.3 Å². The van der Waals surface area contributed by atoms with E-state index in [4.69, 9.17) is 9.47 Å². The monoisotopic (exact) mass is 400 g/mol. The van der Waals surface area contributed by atoms with Gasteiger partial charge in [-0.25, -0.2) is 9.59 Å². The van der Waals surface area contributed by atoms with Crippen LogP contribution in [0, 0.1) is 0 Å². The molecular weight excluding hydrogens is 376 g/mol. The summed E-state index contributed by atoms with van der Waals surface area (Å²) in [6, 6.07) is 10.4. The van der Waals surface area contributed by atoms with Gasteiger partial charge in [-0.05, 0) is 49.9 Å². The summed E-state index contributed by atoms with van der Waals surface area (Å²) in [5, 5.41) is 4.92. The van der Waals surface area contributed by atoms with Gasteiger partial charge in [-0.15, -0.1) is 11.3 Å². The average molecular weight is 401 g/mol. The van der Waals surface area contributed by atoms with E-state index in [9.17, 15) is 9.59 Å². The van der Waals surface area contributed by atoms with E-state index in [-0.39, 0.29) is 12.1 Å². The molecule has 0 bridgehead atoms. The Balaban J connectivity index is 2.01. The maximum absolute atomic E-state index is 12.9. The maximum Gasteiger partial charge on any atom is 0.338 e. The van der Waals surface area contributed by atoms with Crippen molar-refractivity contribution in [1.29, 1.82) is 0 Å². The summed E-state index contributed by atoms with van der Waals surface area (Å²) in [6.07, 6.45) is -0.257. The highest BCUT2D eigenvalue weighted by Crippen LogP contribution is 2.33. The molecule has 2 heterocycles. The molecule has 28 heavy (non-hydrogen) atoms. The summed E-state index contributed by atoms with van der Waals surface area (Å²) in [4.78, 5) is 28.4. The Morgan fingerprint density at radius 3 is 2.54 bits per heavy atom.